The molecule has 3 rings (SSSR count). The summed E-state index contributed by atoms with van der Waals surface area (Å²) in [5, 5.41) is 0. The minimum Gasteiger partial charge on any atom is -0.206 e. The summed E-state index contributed by atoms with van der Waals surface area (Å²) in [7, 11) is 0. The second kappa shape index (κ2) is 11.0. The van der Waals surface area contributed by atoms with Crippen LogP contribution in [0, 0.1) is 29.4 Å². The molecule has 31 heavy (non-hydrogen) atoms. The summed E-state index contributed by atoms with van der Waals surface area (Å²) in [6.07, 6.45) is 13.2. The van der Waals surface area contributed by atoms with Crippen LogP contribution in [0.3, 0.4) is 0 Å². The van der Waals surface area contributed by atoms with Gasteiger partial charge < -0.3 is 0 Å². The molecular formula is C26H35F5. The van der Waals surface area contributed by atoms with Crippen molar-refractivity contribution in [2.24, 2.45) is 17.8 Å². The summed E-state index contributed by atoms with van der Waals surface area (Å²) < 4.78 is 66.3. The third-order valence-electron chi connectivity index (χ3n) is 7.53. The first-order valence-corrected chi connectivity index (χ1v) is 12.0. The molecule has 0 radical (unpaired) electrons. The van der Waals surface area contributed by atoms with E-state index in [2.05, 4.69) is 19.1 Å². The van der Waals surface area contributed by atoms with Gasteiger partial charge in [-0.05, 0) is 99.2 Å². The summed E-state index contributed by atoms with van der Waals surface area (Å²) in [5.41, 5.74) is -1.40. The highest BCUT2D eigenvalue weighted by Crippen LogP contribution is 2.45. The molecule has 0 spiro atoms. The standard InChI is InChI=1S/C26H35F5/c1-2-3-4-5-6-7-18-8-10-19(11-9-18)20-12-14-21(15-13-20)22-16-23(27)25(24(28)17-22)26(29,30)31/h3-4,16-21H,2,5-15H2,1H3/b4-3+/t18-,19-,20-,21-. The zero-order valence-electron chi connectivity index (χ0n) is 18.5. The molecule has 174 valence electrons. The van der Waals surface area contributed by atoms with Gasteiger partial charge in [0.15, 0.2) is 0 Å². The Hall–Kier alpha value is -1.39. The zero-order valence-corrected chi connectivity index (χ0v) is 18.5. The van der Waals surface area contributed by atoms with Crippen molar-refractivity contribution < 1.29 is 22.0 Å². The van der Waals surface area contributed by atoms with Crippen molar-refractivity contribution in [3.63, 3.8) is 0 Å². The van der Waals surface area contributed by atoms with E-state index < -0.39 is 23.4 Å². The molecule has 0 unspecified atom stereocenters. The van der Waals surface area contributed by atoms with E-state index in [0.717, 1.165) is 56.1 Å². The second-order valence-corrected chi connectivity index (χ2v) is 9.56. The molecule has 2 aliphatic rings. The van der Waals surface area contributed by atoms with Gasteiger partial charge in [0.2, 0.25) is 0 Å². The molecule has 1 aromatic rings. The average Bonchev–Trinajstić information content (AvgIpc) is 2.73. The summed E-state index contributed by atoms with van der Waals surface area (Å²) in [6.45, 7) is 2.16. The lowest BCUT2D eigenvalue weighted by Crippen LogP contribution is -2.25. The third-order valence-corrected chi connectivity index (χ3v) is 7.53. The van der Waals surface area contributed by atoms with Crippen molar-refractivity contribution in [3.05, 3.63) is 47.0 Å². The first kappa shape index (κ1) is 24.3. The smallest absolute Gasteiger partial charge is 0.206 e. The van der Waals surface area contributed by atoms with Crippen LogP contribution in [0.5, 0.6) is 0 Å². The number of rotatable bonds is 7. The van der Waals surface area contributed by atoms with E-state index >= 15 is 0 Å². The maximum Gasteiger partial charge on any atom is 0.422 e. The Balaban J connectivity index is 1.46. The zero-order chi connectivity index (χ0) is 22.4. The lowest BCUT2D eigenvalue weighted by molar-refractivity contribution is -0.142. The van der Waals surface area contributed by atoms with Gasteiger partial charge >= 0.3 is 6.18 Å². The largest absolute Gasteiger partial charge is 0.422 e. The lowest BCUT2D eigenvalue weighted by atomic mass is 9.68. The maximum atomic E-state index is 14.0. The Morgan fingerprint density at radius 2 is 1.39 bits per heavy atom. The van der Waals surface area contributed by atoms with E-state index in [1.54, 1.807) is 0 Å². The van der Waals surface area contributed by atoms with E-state index in [9.17, 15) is 22.0 Å². The number of allylic oxidation sites excluding steroid dienone is 2. The molecule has 2 saturated carbocycles. The minimum absolute atomic E-state index is 0.0463. The topological polar surface area (TPSA) is 0 Å². The van der Waals surface area contributed by atoms with Crippen LogP contribution in [0.4, 0.5) is 22.0 Å². The number of halogens is 5. The van der Waals surface area contributed by atoms with Gasteiger partial charge in [0.25, 0.3) is 0 Å². The highest BCUT2D eigenvalue weighted by atomic mass is 19.4. The van der Waals surface area contributed by atoms with Gasteiger partial charge in [0, 0.05) is 0 Å². The van der Waals surface area contributed by atoms with Crippen molar-refractivity contribution in [1.82, 2.24) is 0 Å². The number of hydrogen-bond acceptors (Lipinski definition) is 0. The SMILES string of the molecule is CC/C=C/CCC[C@H]1CC[C@H]([C@H]2CC[C@H](c3cc(F)c(C(F)(F)F)c(F)c3)CC2)CC1. The normalized spacial score (nSPS) is 27.7. The van der Waals surface area contributed by atoms with Crippen LogP contribution >= 0.6 is 0 Å². The summed E-state index contributed by atoms with van der Waals surface area (Å²) in [6, 6.07) is 1.80. The van der Waals surface area contributed by atoms with Crippen molar-refractivity contribution in [2.45, 2.75) is 96.1 Å². The predicted molar refractivity (Wildman–Crippen MR) is 115 cm³/mol. The van der Waals surface area contributed by atoms with Crippen LogP contribution < -0.4 is 0 Å². The monoisotopic (exact) mass is 442 g/mol. The van der Waals surface area contributed by atoms with Crippen LogP contribution in [0.2, 0.25) is 0 Å². The highest BCUT2D eigenvalue weighted by molar-refractivity contribution is 5.30. The summed E-state index contributed by atoms with van der Waals surface area (Å²) in [4.78, 5) is 0. The van der Waals surface area contributed by atoms with Crippen LogP contribution in [0.15, 0.2) is 24.3 Å². The number of unbranched alkanes of at least 4 members (excludes halogenated alkanes) is 1. The van der Waals surface area contributed by atoms with E-state index in [-0.39, 0.29) is 5.92 Å². The number of alkyl halides is 3. The molecule has 0 aromatic heterocycles. The summed E-state index contributed by atoms with van der Waals surface area (Å²) in [5.74, 6) is -0.802. The first-order valence-electron chi connectivity index (χ1n) is 12.0. The van der Waals surface area contributed by atoms with Crippen LogP contribution in [0.1, 0.15) is 101 Å². The minimum atomic E-state index is -5.00. The lowest BCUT2D eigenvalue weighted by Gasteiger charge is -2.38. The van der Waals surface area contributed by atoms with E-state index in [1.165, 1.54) is 44.9 Å². The molecule has 0 saturated heterocycles. The van der Waals surface area contributed by atoms with Crippen molar-refractivity contribution in [1.29, 1.82) is 0 Å². The second-order valence-electron chi connectivity index (χ2n) is 9.56. The fourth-order valence-corrected chi connectivity index (χ4v) is 5.78. The van der Waals surface area contributed by atoms with Crippen LogP contribution in [0.25, 0.3) is 0 Å². The molecule has 2 fully saturated rings. The molecule has 0 nitrogen and oxygen atoms in total. The predicted octanol–water partition coefficient (Wildman–Crippen LogP) is 9.20. The average molecular weight is 443 g/mol. The molecular weight excluding hydrogens is 407 g/mol. The molecule has 5 heteroatoms. The molecule has 1 aromatic carbocycles. The molecule has 0 heterocycles. The van der Waals surface area contributed by atoms with Gasteiger partial charge in [-0.15, -0.1) is 0 Å². The fourth-order valence-electron chi connectivity index (χ4n) is 5.78. The van der Waals surface area contributed by atoms with Crippen molar-refractivity contribution in [3.8, 4) is 0 Å². The molecule has 0 aliphatic heterocycles. The maximum absolute atomic E-state index is 14.0. The van der Waals surface area contributed by atoms with Gasteiger partial charge in [-0.1, -0.05) is 38.3 Å². The van der Waals surface area contributed by atoms with Gasteiger partial charge in [0.1, 0.15) is 17.2 Å². The quantitative estimate of drug-likeness (QED) is 0.224. The number of benzene rings is 1. The molecule has 0 bridgehead atoms. The van der Waals surface area contributed by atoms with Crippen molar-refractivity contribution >= 4 is 0 Å². The van der Waals surface area contributed by atoms with Crippen LogP contribution in [-0.4, -0.2) is 0 Å². The van der Waals surface area contributed by atoms with Gasteiger partial charge in [0.05, 0.1) is 0 Å². The van der Waals surface area contributed by atoms with E-state index in [1.807, 2.05) is 0 Å². The summed E-state index contributed by atoms with van der Waals surface area (Å²) >= 11 is 0. The van der Waals surface area contributed by atoms with E-state index in [4.69, 9.17) is 0 Å². The molecule has 0 atom stereocenters. The Morgan fingerprint density at radius 3 is 1.90 bits per heavy atom. The number of hydrogen-bond donors (Lipinski definition) is 0. The van der Waals surface area contributed by atoms with E-state index in [0.29, 0.717) is 11.5 Å². The van der Waals surface area contributed by atoms with Crippen LogP contribution in [-0.2, 0) is 6.18 Å². The van der Waals surface area contributed by atoms with Gasteiger partial charge in [-0.2, -0.15) is 13.2 Å². The van der Waals surface area contributed by atoms with Gasteiger partial charge in [-0.3, -0.25) is 0 Å². The Morgan fingerprint density at radius 1 is 0.839 bits per heavy atom. The first-order chi connectivity index (χ1) is 14.8. The molecule has 2 aliphatic carbocycles. The van der Waals surface area contributed by atoms with Crippen molar-refractivity contribution in [2.75, 3.05) is 0 Å². The Bertz CT molecular complexity index is 697. The fraction of sp³-hybridized carbons (Fsp3) is 0.692. The molecule has 0 N–H and O–H groups in total. The highest BCUT2D eigenvalue weighted by Gasteiger charge is 2.39. The molecule has 0 amide bonds. The third kappa shape index (κ3) is 6.55. The Labute approximate surface area is 183 Å². The Kier molecular flexibility index (Phi) is 8.58. The van der Waals surface area contributed by atoms with Gasteiger partial charge in [-0.25, -0.2) is 8.78 Å².